The van der Waals surface area contributed by atoms with E-state index in [1.807, 2.05) is 29.0 Å². The average molecular weight is 317 g/mol. The minimum atomic E-state index is 0.259. The second-order valence-electron chi connectivity index (χ2n) is 4.43. The molecule has 0 spiro atoms. The number of nitrogens with two attached hydrogens (primary N) is 1. The standard InChI is InChI=1S/C14H11N3O2S2/c15-14-16-8(11-2-1-5-20-11)6-9(17-14)13-12-10(7-21-13)18-3-4-19-12/h1-2,5-7H,3-4H2,(H2,15,16,17). The Labute approximate surface area is 129 Å². The van der Waals surface area contributed by atoms with Crippen LogP contribution in [0.4, 0.5) is 5.95 Å². The zero-order chi connectivity index (χ0) is 14.2. The van der Waals surface area contributed by atoms with Crippen LogP contribution in [0, 0.1) is 0 Å². The first-order chi connectivity index (χ1) is 10.3. The van der Waals surface area contributed by atoms with Gasteiger partial charge in [-0.15, -0.1) is 22.7 Å². The quantitative estimate of drug-likeness (QED) is 0.785. The summed E-state index contributed by atoms with van der Waals surface area (Å²) in [5, 5.41) is 3.95. The molecule has 4 heterocycles. The number of hydrogen-bond donors (Lipinski definition) is 1. The van der Waals surface area contributed by atoms with Gasteiger partial charge in [0.1, 0.15) is 13.2 Å². The maximum Gasteiger partial charge on any atom is 0.221 e. The molecule has 1 aliphatic rings. The van der Waals surface area contributed by atoms with Crippen molar-refractivity contribution in [3.05, 3.63) is 29.0 Å². The normalized spacial score (nSPS) is 13.3. The summed E-state index contributed by atoms with van der Waals surface area (Å²) < 4.78 is 11.3. The highest BCUT2D eigenvalue weighted by Gasteiger charge is 2.21. The van der Waals surface area contributed by atoms with Gasteiger partial charge < -0.3 is 15.2 Å². The lowest BCUT2D eigenvalue weighted by atomic mass is 10.2. The van der Waals surface area contributed by atoms with E-state index in [1.165, 1.54) is 0 Å². The van der Waals surface area contributed by atoms with Crippen molar-refractivity contribution in [2.75, 3.05) is 18.9 Å². The third-order valence-electron chi connectivity index (χ3n) is 3.05. The summed E-state index contributed by atoms with van der Waals surface area (Å²) in [6.45, 7) is 1.13. The lowest BCUT2D eigenvalue weighted by Crippen LogP contribution is -2.14. The van der Waals surface area contributed by atoms with E-state index in [4.69, 9.17) is 15.2 Å². The predicted octanol–water partition coefficient (Wildman–Crippen LogP) is 3.29. The molecule has 4 rings (SSSR count). The van der Waals surface area contributed by atoms with Gasteiger partial charge in [0.15, 0.2) is 11.5 Å². The molecule has 5 nitrogen and oxygen atoms in total. The monoisotopic (exact) mass is 317 g/mol. The summed E-state index contributed by atoms with van der Waals surface area (Å²) in [6.07, 6.45) is 0. The second-order valence-corrected chi connectivity index (χ2v) is 6.26. The van der Waals surface area contributed by atoms with Crippen LogP contribution < -0.4 is 15.2 Å². The zero-order valence-corrected chi connectivity index (χ0v) is 12.5. The maximum atomic E-state index is 5.86. The number of anilines is 1. The summed E-state index contributed by atoms with van der Waals surface area (Å²) in [6, 6.07) is 5.94. The van der Waals surface area contributed by atoms with Crippen LogP contribution in [0.15, 0.2) is 29.0 Å². The molecule has 3 aromatic rings. The molecular formula is C14H11N3O2S2. The smallest absolute Gasteiger partial charge is 0.221 e. The number of ether oxygens (including phenoxy) is 2. The average Bonchev–Trinajstić information content (AvgIpc) is 3.16. The molecule has 3 aromatic heterocycles. The summed E-state index contributed by atoms with van der Waals surface area (Å²) in [4.78, 5) is 10.6. The van der Waals surface area contributed by atoms with Gasteiger partial charge in [-0.1, -0.05) is 6.07 Å². The fourth-order valence-corrected chi connectivity index (χ4v) is 3.75. The Hall–Kier alpha value is -2.12. The molecular weight excluding hydrogens is 306 g/mol. The molecule has 106 valence electrons. The minimum absolute atomic E-state index is 0.259. The van der Waals surface area contributed by atoms with Gasteiger partial charge in [-0.05, 0) is 17.5 Å². The molecule has 7 heteroatoms. The maximum absolute atomic E-state index is 5.86. The Morgan fingerprint density at radius 3 is 2.81 bits per heavy atom. The van der Waals surface area contributed by atoms with Crippen molar-refractivity contribution in [2.24, 2.45) is 0 Å². The summed E-state index contributed by atoms with van der Waals surface area (Å²) in [5.41, 5.74) is 7.45. The van der Waals surface area contributed by atoms with Gasteiger partial charge in [0.25, 0.3) is 0 Å². The van der Waals surface area contributed by atoms with Crippen LogP contribution in [-0.4, -0.2) is 23.2 Å². The van der Waals surface area contributed by atoms with E-state index in [9.17, 15) is 0 Å². The van der Waals surface area contributed by atoms with Gasteiger partial charge in [0.05, 0.1) is 21.1 Å². The van der Waals surface area contributed by atoms with Gasteiger partial charge in [-0.2, -0.15) is 0 Å². The van der Waals surface area contributed by atoms with Gasteiger partial charge >= 0.3 is 0 Å². The van der Waals surface area contributed by atoms with Crippen LogP contribution >= 0.6 is 22.7 Å². The van der Waals surface area contributed by atoms with Gasteiger partial charge in [-0.3, -0.25) is 0 Å². The van der Waals surface area contributed by atoms with E-state index in [2.05, 4.69) is 9.97 Å². The number of aromatic nitrogens is 2. The molecule has 0 bridgehead atoms. The van der Waals surface area contributed by atoms with Crippen LogP contribution in [0.25, 0.3) is 21.1 Å². The molecule has 21 heavy (non-hydrogen) atoms. The van der Waals surface area contributed by atoms with Crippen LogP contribution in [0.3, 0.4) is 0 Å². The van der Waals surface area contributed by atoms with E-state index in [-0.39, 0.29) is 5.95 Å². The highest BCUT2D eigenvalue weighted by Crippen LogP contribution is 2.45. The molecule has 0 amide bonds. The van der Waals surface area contributed by atoms with Crippen molar-refractivity contribution in [1.29, 1.82) is 0 Å². The van der Waals surface area contributed by atoms with Gasteiger partial charge in [0, 0.05) is 5.38 Å². The first kappa shape index (κ1) is 12.6. The SMILES string of the molecule is Nc1nc(-c2cccs2)cc(-c2scc3c2OCCO3)n1. The van der Waals surface area contributed by atoms with E-state index in [0.29, 0.717) is 13.2 Å². The Kier molecular flexibility index (Phi) is 3.01. The Morgan fingerprint density at radius 2 is 1.95 bits per heavy atom. The molecule has 0 atom stereocenters. The van der Waals surface area contributed by atoms with Crippen LogP contribution in [0.5, 0.6) is 11.5 Å². The van der Waals surface area contributed by atoms with Gasteiger partial charge in [-0.25, -0.2) is 9.97 Å². The van der Waals surface area contributed by atoms with Crippen molar-refractivity contribution in [3.63, 3.8) is 0 Å². The van der Waals surface area contributed by atoms with E-state index >= 15 is 0 Å². The largest absolute Gasteiger partial charge is 0.485 e. The lowest BCUT2D eigenvalue weighted by molar-refractivity contribution is 0.174. The van der Waals surface area contributed by atoms with Crippen molar-refractivity contribution in [1.82, 2.24) is 9.97 Å². The molecule has 0 saturated heterocycles. The van der Waals surface area contributed by atoms with E-state index in [0.717, 1.165) is 32.6 Å². The number of fused-ring (bicyclic) bond motifs is 1. The van der Waals surface area contributed by atoms with Gasteiger partial charge in [0.2, 0.25) is 5.95 Å². The second kappa shape index (κ2) is 5.01. The first-order valence-electron chi connectivity index (χ1n) is 6.37. The molecule has 2 N–H and O–H groups in total. The van der Waals surface area contributed by atoms with Crippen molar-refractivity contribution >= 4 is 28.6 Å². The topological polar surface area (TPSA) is 70.3 Å². The number of hydrogen-bond acceptors (Lipinski definition) is 7. The number of rotatable bonds is 2. The molecule has 0 fully saturated rings. The fourth-order valence-electron chi connectivity index (χ4n) is 2.17. The van der Waals surface area contributed by atoms with Crippen LogP contribution in [0.1, 0.15) is 0 Å². The Bertz CT molecular complexity index is 784. The zero-order valence-electron chi connectivity index (χ0n) is 10.9. The van der Waals surface area contributed by atoms with Crippen molar-refractivity contribution < 1.29 is 9.47 Å². The highest BCUT2D eigenvalue weighted by atomic mass is 32.1. The van der Waals surface area contributed by atoms with Crippen LogP contribution in [0.2, 0.25) is 0 Å². The van der Waals surface area contributed by atoms with Crippen LogP contribution in [-0.2, 0) is 0 Å². The Morgan fingerprint density at radius 1 is 1.10 bits per heavy atom. The fraction of sp³-hybridized carbons (Fsp3) is 0.143. The molecule has 0 aromatic carbocycles. The highest BCUT2D eigenvalue weighted by molar-refractivity contribution is 7.14. The molecule has 0 aliphatic carbocycles. The number of thiophene rings is 2. The van der Waals surface area contributed by atoms with E-state index in [1.54, 1.807) is 22.7 Å². The Balaban J connectivity index is 1.84. The lowest BCUT2D eigenvalue weighted by Gasteiger charge is -2.16. The number of nitrogens with zero attached hydrogens (tertiary/aromatic N) is 2. The summed E-state index contributed by atoms with van der Waals surface area (Å²) in [7, 11) is 0. The molecule has 0 radical (unpaired) electrons. The minimum Gasteiger partial charge on any atom is -0.485 e. The third kappa shape index (κ3) is 2.24. The summed E-state index contributed by atoms with van der Waals surface area (Å²) >= 11 is 3.16. The van der Waals surface area contributed by atoms with Crippen molar-refractivity contribution in [2.45, 2.75) is 0 Å². The first-order valence-corrected chi connectivity index (χ1v) is 8.13. The van der Waals surface area contributed by atoms with Crippen molar-refractivity contribution in [3.8, 4) is 32.6 Å². The predicted molar refractivity (Wildman–Crippen MR) is 84.1 cm³/mol. The molecule has 0 saturated carbocycles. The number of nitrogen functional groups attached to an aromatic ring is 1. The summed E-state index contributed by atoms with van der Waals surface area (Å²) in [5.74, 6) is 1.78. The third-order valence-corrected chi connectivity index (χ3v) is 4.91. The molecule has 0 unspecified atom stereocenters. The molecule has 1 aliphatic heterocycles. The van der Waals surface area contributed by atoms with E-state index < -0.39 is 0 Å².